The highest BCUT2D eigenvalue weighted by Crippen LogP contribution is 2.32. The van der Waals surface area contributed by atoms with Gasteiger partial charge in [-0.05, 0) is 29.6 Å². The first kappa shape index (κ1) is 17.1. The van der Waals surface area contributed by atoms with Crippen molar-refractivity contribution in [3.8, 4) is 22.1 Å². The smallest absolute Gasteiger partial charge is 0.240 e. The van der Waals surface area contributed by atoms with E-state index in [2.05, 4.69) is 9.82 Å². The predicted octanol–water partition coefficient (Wildman–Crippen LogP) is 2.36. The molecule has 0 saturated carbocycles. The molecule has 26 heavy (non-hydrogen) atoms. The Balaban J connectivity index is 1.39. The van der Waals surface area contributed by atoms with Crippen molar-refractivity contribution in [2.75, 3.05) is 19.8 Å². The van der Waals surface area contributed by atoms with Gasteiger partial charge in [0.2, 0.25) is 10.0 Å². The molecule has 0 radical (unpaired) electrons. The van der Waals surface area contributed by atoms with Crippen LogP contribution in [-0.2, 0) is 16.6 Å². The lowest BCUT2D eigenvalue weighted by Crippen LogP contribution is -2.27. The lowest BCUT2D eigenvalue weighted by molar-refractivity contribution is 0.171. The van der Waals surface area contributed by atoms with Crippen LogP contribution in [0.4, 0.5) is 0 Å². The number of rotatable bonds is 6. The van der Waals surface area contributed by atoms with E-state index in [4.69, 9.17) is 9.47 Å². The second-order valence-corrected chi connectivity index (χ2v) is 8.36. The zero-order chi connectivity index (χ0) is 18.0. The van der Waals surface area contributed by atoms with E-state index in [1.165, 1.54) is 12.1 Å². The molecule has 0 spiro atoms. The van der Waals surface area contributed by atoms with Crippen LogP contribution in [0.15, 0.2) is 52.9 Å². The van der Waals surface area contributed by atoms with E-state index in [1.807, 2.05) is 29.8 Å². The molecule has 7 nitrogen and oxygen atoms in total. The summed E-state index contributed by atoms with van der Waals surface area (Å²) in [5, 5.41) is 6.45. The molecule has 1 aliphatic rings. The molecule has 0 saturated heterocycles. The van der Waals surface area contributed by atoms with Crippen molar-refractivity contribution in [3.63, 3.8) is 0 Å². The second kappa shape index (κ2) is 7.10. The van der Waals surface area contributed by atoms with Crippen LogP contribution < -0.4 is 14.2 Å². The average Bonchev–Trinajstić information content (AvgIpc) is 3.32. The number of aromatic nitrogens is 2. The molecule has 3 aromatic rings. The molecule has 0 amide bonds. The molecule has 0 bridgehead atoms. The van der Waals surface area contributed by atoms with Crippen molar-refractivity contribution in [1.82, 2.24) is 14.5 Å². The Labute approximate surface area is 155 Å². The maximum atomic E-state index is 12.5. The van der Waals surface area contributed by atoms with Gasteiger partial charge in [0, 0.05) is 18.8 Å². The fraction of sp³-hybridized carbons (Fsp3) is 0.235. The molecule has 0 fully saturated rings. The van der Waals surface area contributed by atoms with Crippen LogP contribution in [0.25, 0.3) is 10.6 Å². The number of sulfonamides is 1. The maximum absolute atomic E-state index is 12.5. The topological polar surface area (TPSA) is 82.5 Å². The Bertz CT molecular complexity index is 997. The van der Waals surface area contributed by atoms with E-state index in [-0.39, 0.29) is 11.4 Å². The van der Waals surface area contributed by atoms with Crippen LogP contribution in [0.3, 0.4) is 0 Å². The highest BCUT2D eigenvalue weighted by atomic mass is 32.2. The summed E-state index contributed by atoms with van der Waals surface area (Å²) in [6.45, 7) is 1.56. The third kappa shape index (κ3) is 3.59. The van der Waals surface area contributed by atoms with Gasteiger partial charge < -0.3 is 9.47 Å². The molecule has 3 heterocycles. The molecule has 136 valence electrons. The number of benzene rings is 1. The summed E-state index contributed by atoms with van der Waals surface area (Å²) in [5.41, 5.74) is 0.884. The number of hydrogen-bond acceptors (Lipinski definition) is 6. The fourth-order valence-electron chi connectivity index (χ4n) is 2.61. The van der Waals surface area contributed by atoms with Gasteiger partial charge in [-0.1, -0.05) is 6.07 Å². The van der Waals surface area contributed by atoms with Gasteiger partial charge in [0.25, 0.3) is 0 Å². The minimum Gasteiger partial charge on any atom is -0.486 e. The molecule has 1 aromatic carbocycles. The molecule has 0 aliphatic carbocycles. The molecule has 0 unspecified atom stereocenters. The van der Waals surface area contributed by atoms with Gasteiger partial charge in [0.15, 0.2) is 11.5 Å². The Morgan fingerprint density at radius 3 is 2.81 bits per heavy atom. The SMILES string of the molecule is O=S(=O)(NCCn1ccc(-c2cccs2)n1)c1ccc2c(c1)OCCO2. The standard InChI is InChI=1S/C17H17N3O4S2/c21-26(22,13-3-4-15-16(12-13)24-10-9-23-15)18-6-8-20-7-5-14(19-20)17-2-1-11-25-17/h1-5,7,11-12,18H,6,8-10H2. The van der Waals surface area contributed by atoms with Crippen LogP contribution >= 0.6 is 11.3 Å². The summed E-state index contributed by atoms with van der Waals surface area (Å²) in [5.74, 6) is 1.01. The van der Waals surface area contributed by atoms with E-state index in [0.717, 1.165) is 10.6 Å². The predicted molar refractivity (Wildman–Crippen MR) is 98.2 cm³/mol. The van der Waals surface area contributed by atoms with Gasteiger partial charge >= 0.3 is 0 Å². The van der Waals surface area contributed by atoms with Gasteiger partial charge in [-0.25, -0.2) is 13.1 Å². The van der Waals surface area contributed by atoms with E-state index in [1.54, 1.807) is 22.1 Å². The first-order valence-corrected chi connectivity index (χ1v) is 10.4. The van der Waals surface area contributed by atoms with Crippen LogP contribution in [0.1, 0.15) is 0 Å². The van der Waals surface area contributed by atoms with Crippen molar-refractivity contribution in [2.24, 2.45) is 0 Å². The average molecular weight is 391 g/mol. The summed E-state index contributed by atoms with van der Waals surface area (Å²) in [7, 11) is -3.62. The fourth-order valence-corrected chi connectivity index (χ4v) is 4.34. The largest absolute Gasteiger partial charge is 0.486 e. The van der Waals surface area contributed by atoms with Crippen molar-refractivity contribution >= 4 is 21.4 Å². The minimum absolute atomic E-state index is 0.154. The maximum Gasteiger partial charge on any atom is 0.240 e. The van der Waals surface area contributed by atoms with Crippen LogP contribution in [-0.4, -0.2) is 38.0 Å². The molecular weight excluding hydrogens is 374 g/mol. The van der Waals surface area contributed by atoms with Gasteiger partial charge in [-0.3, -0.25) is 4.68 Å². The molecule has 4 rings (SSSR count). The molecular formula is C17H17N3O4S2. The van der Waals surface area contributed by atoms with Gasteiger partial charge in [-0.15, -0.1) is 11.3 Å². The number of fused-ring (bicyclic) bond motifs is 1. The second-order valence-electron chi connectivity index (χ2n) is 5.64. The van der Waals surface area contributed by atoms with E-state index in [0.29, 0.717) is 31.3 Å². The number of nitrogens with one attached hydrogen (secondary N) is 1. The third-order valence-electron chi connectivity index (χ3n) is 3.87. The number of nitrogens with zero attached hydrogens (tertiary/aromatic N) is 2. The number of hydrogen-bond donors (Lipinski definition) is 1. The normalized spacial score (nSPS) is 13.7. The van der Waals surface area contributed by atoms with E-state index < -0.39 is 10.0 Å². The third-order valence-corrected chi connectivity index (χ3v) is 6.22. The van der Waals surface area contributed by atoms with Gasteiger partial charge in [0.1, 0.15) is 18.9 Å². The highest BCUT2D eigenvalue weighted by Gasteiger charge is 2.19. The molecule has 9 heteroatoms. The van der Waals surface area contributed by atoms with E-state index in [9.17, 15) is 8.42 Å². The Morgan fingerprint density at radius 2 is 2.00 bits per heavy atom. The zero-order valence-electron chi connectivity index (χ0n) is 13.8. The monoisotopic (exact) mass is 391 g/mol. The first-order chi connectivity index (χ1) is 12.6. The van der Waals surface area contributed by atoms with Crippen molar-refractivity contribution < 1.29 is 17.9 Å². The van der Waals surface area contributed by atoms with Crippen molar-refractivity contribution in [1.29, 1.82) is 0 Å². The summed E-state index contributed by atoms with van der Waals surface area (Å²) < 4.78 is 40.1. The van der Waals surface area contributed by atoms with Crippen LogP contribution in [0, 0.1) is 0 Å². The number of thiophene rings is 1. The lowest BCUT2D eigenvalue weighted by Gasteiger charge is -2.18. The molecule has 1 N–H and O–H groups in total. The van der Waals surface area contributed by atoms with Crippen LogP contribution in [0.2, 0.25) is 0 Å². The van der Waals surface area contributed by atoms with Crippen molar-refractivity contribution in [2.45, 2.75) is 11.4 Å². The Morgan fingerprint density at radius 1 is 1.15 bits per heavy atom. The van der Waals surface area contributed by atoms with Gasteiger partial charge in [0.05, 0.1) is 16.3 Å². The van der Waals surface area contributed by atoms with Crippen LogP contribution in [0.5, 0.6) is 11.5 Å². The Hall–Kier alpha value is -2.36. The molecule has 0 atom stereocenters. The molecule has 2 aromatic heterocycles. The summed E-state index contributed by atoms with van der Waals surface area (Å²) >= 11 is 1.62. The number of ether oxygens (including phenoxy) is 2. The van der Waals surface area contributed by atoms with E-state index >= 15 is 0 Å². The van der Waals surface area contributed by atoms with Crippen molar-refractivity contribution in [3.05, 3.63) is 48.0 Å². The highest BCUT2D eigenvalue weighted by molar-refractivity contribution is 7.89. The molecule has 1 aliphatic heterocycles. The minimum atomic E-state index is -3.62. The first-order valence-electron chi connectivity index (χ1n) is 8.08. The summed E-state index contributed by atoms with van der Waals surface area (Å²) in [4.78, 5) is 1.24. The quantitative estimate of drug-likeness (QED) is 0.698. The Kier molecular flexibility index (Phi) is 4.66. The lowest BCUT2D eigenvalue weighted by atomic mass is 10.3. The van der Waals surface area contributed by atoms with Gasteiger partial charge in [-0.2, -0.15) is 5.10 Å². The summed E-state index contributed by atoms with van der Waals surface area (Å²) in [6, 6.07) is 10.5. The summed E-state index contributed by atoms with van der Waals surface area (Å²) in [6.07, 6.45) is 1.84. The zero-order valence-corrected chi connectivity index (χ0v) is 15.4.